The second-order valence-electron chi connectivity index (χ2n) is 12.4. The second kappa shape index (κ2) is 16.5. The number of hydrogen-bond donors (Lipinski definition) is 0. The van der Waals surface area contributed by atoms with Crippen LogP contribution in [0.4, 0.5) is 0 Å². The van der Waals surface area contributed by atoms with E-state index in [1.807, 2.05) is 0 Å². The number of fused-ring (bicyclic) bond motifs is 7. The van der Waals surface area contributed by atoms with Crippen molar-refractivity contribution in [2.75, 3.05) is 0 Å². The van der Waals surface area contributed by atoms with Gasteiger partial charge in [-0.05, 0) is 51.4 Å². The molecule has 0 spiro atoms. The molecule has 0 fully saturated rings. The van der Waals surface area contributed by atoms with Crippen molar-refractivity contribution < 1.29 is 43.1 Å². The summed E-state index contributed by atoms with van der Waals surface area (Å²) in [5.41, 5.74) is 2.84. The molecule has 0 bridgehead atoms. The molecular formula is C38H46ORh2Si2-6. The van der Waals surface area contributed by atoms with E-state index in [0.717, 1.165) is 0 Å². The van der Waals surface area contributed by atoms with E-state index in [0.29, 0.717) is 0 Å². The van der Waals surface area contributed by atoms with Gasteiger partial charge in [0.05, 0.1) is 8.32 Å². The minimum atomic E-state index is -2.00. The topological polar surface area (TPSA) is 9.23 Å². The Morgan fingerprint density at radius 3 is 1.67 bits per heavy atom. The monoisotopic (exact) mass is 780 g/mol. The van der Waals surface area contributed by atoms with Crippen LogP contribution in [0.5, 0.6) is 0 Å². The molecule has 0 aromatic heterocycles. The molecule has 1 nitrogen and oxygen atoms in total. The molecule has 3 aliphatic rings. The Morgan fingerprint density at radius 2 is 1.14 bits per heavy atom. The van der Waals surface area contributed by atoms with Crippen molar-refractivity contribution in [3.63, 3.8) is 0 Å². The van der Waals surface area contributed by atoms with Crippen molar-refractivity contribution in [2.24, 2.45) is 0 Å². The van der Waals surface area contributed by atoms with E-state index in [9.17, 15) is 0 Å². The zero-order chi connectivity index (χ0) is 28.7. The Hall–Kier alpha value is -1.74. The molecule has 0 saturated heterocycles. The first-order valence-corrected chi connectivity index (χ1v) is 21.4. The van der Waals surface area contributed by atoms with E-state index < -0.39 is 16.6 Å². The third kappa shape index (κ3) is 8.71. The standard InChI is InChI=1S/C22H22OSi2.2C8H12.2Rh/c1-24(2)21-17-11-7-5-9-15(17)13-19(21)20-14-16-10-6-8-12-18(16)22(20)25(3,4)23-24;2*1-2-4-6-8-7-5-3-1;;/h5-14H,1-4H3;2*1-2,7-8H,3-6H2;;/q-6;;;;. The Labute approximate surface area is 287 Å². The van der Waals surface area contributed by atoms with Crippen molar-refractivity contribution in [3.8, 4) is 11.1 Å². The maximum absolute atomic E-state index is 7.05. The van der Waals surface area contributed by atoms with E-state index in [4.69, 9.17) is 4.12 Å². The molecule has 236 valence electrons. The minimum absolute atomic E-state index is 0. The summed E-state index contributed by atoms with van der Waals surface area (Å²) in [6.07, 6.45) is 28.0. The summed E-state index contributed by atoms with van der Waals surface area (Å²) in [4.78, 5) is 0. The Kier molecular flexibility index (Phi) is 13.7. The molecule has 4 aromatic carbocycles. The minimum Gasteiger partial charge on any atom is -0.659 e. The Balaban J connectivity index is 0.000000233. The molecule has 7 rings (SSSR count). The SMILES string of the molecule is C1=CCCC=CCC1.C1=CCCC=CCC1.C[Si]1(C)O[Si](C)(C)[c-]2[c-]([cH-][c-]3cccc[c-]23)-[c-]2cc3ccccc3c21.[Rh].[Rh]. The molecule has 1 heterocycles. The van der Waals surface area contributed by atoms with Gasteiger partial charge in [-0.25, -0.2) is 12.1 Å². The van der Waals surface area contributed by atoms with E-state index in [1.54, 1.807) is 0 Å². The van der Waals surface area contributed by atoms with Crippen molar-refractivity contribution in [2.45, 2.75) is 77.6 Å². The third-order valence-corrected chi connectivity index (χ3v) is 15.8. The van der Waals surface area contributed by atoms with E-state index in [2.05, 4.69) is 135 Å². The first-order valence-electron chi connectivity index (χ1n) is 15.6. The molecule has 0 saturated carbocycles. The zero-order valence-corrected chi connectivity index (χ0v) is 31.4. The van der Waals surface area contributed by atoms with E-state index >= 15 is 0 Å². The molecular weight excluding hydrogens is 734 g/mol. The van der Waals surface area contributed by atoms with Crippen molar-refractivity contribution in [3.05, 3.63) is 109 Å². The maximum Gasteiger partial charge on any atom is 0.0742 e. The van der Waals surface area contributed by atoms with Crippen LogP contribution in [0.2, 0.25) is 26.2 Å². The predicted molar refractivity (Wildman–Crippen MR) is 187 cm³/mol. The van der Waals surface area contributed by atoms with Gasteiger partial charge < -0.3 is 54.6 Å². The quantitative estimate of drug-likeness (QED) is 0.0981. The fourth-order valence-corrected chi connectivity index (χ4v) is 16.0. The average Bonchev–Trinajstić information content (AvgIpc) is 3.46. The van der Waals surface area contributed by atoms with E-state index in [-0.39, 0.29) is 39.0 Å². The van der Waals surface area contributed by atoms with Gasteiger partial charge in [0.25, 0.3) is 0 Å². The molecule has 1 aliphatic heterocycles. The number of benzene rings is 2. The van der Waals surface area contributed by atoms with Gasteiger partial charge >= 0.3 is 0 Å². The van der Waals surface area contributed by atoms with Crippen LogP contribution in [-0.2, 0) is 43.1 Å². The second-order valence-corrected chi connectivity index (χ2v) is 20.2. The summed E-state index contributed by atoms with van der Waals surface area (Å²) >= 11 is 0. The van der Waals surface area contributed by atoms with Crippen LogP contribution in [0, 0.1) is 0 Å². The summed E-state index contributed by atoms with van der Waals surface area (Å²) < 4.78 is 7.05. The first-order chi connectivity index (χ1) is 19.9. The zero-order valence-electron chi connectivity index (χ0n) is 26.1. The van der Waals surface area contributed by atoms with Crippen LogP contribution in [-0.4, -0.2) is 16.6 Å². The molecule has 2 radical (unpaired) electrons. The summed E-state index contributed by atoms with van der Waals surface area (Å²) in [5, 5.41) is 8.42. The van der Waals surface area contributed by atoms with Gasteiger partial charge in [-0.3, -0.25) is 0 Å². The van der Waals surface area contributed by atoms with Crippen LogP contribution < -0.4 is 10.4 Å². The smallest absolute Gasteiger partial charge is 0.0742 e. The van der Waals surface area contributed by atoms with Crippen LogP contribution in [0.1, 0.15) is 51.4 Å². The van der Waals surface area contributed by atoms with Crippen molar-refractivity contribution in [1.29, 1.82) is 0 Å². The number of allylic oxidation sites excluding steroid dienone is 8. The molecule has 43 heavy (non-hydrogen) atoms. The summed E-state index contributed by atoms with van der Waals surface area (Å²) in [5.74, 6) is 0. The maximum atomic E-state index is 7.05. The number of rotatable bonds is 0. The Bertz CT molecular complexity index is 1410. The third-order valence-electron chi connectivity index (χ3n) is 8.27. The van der Waals surface area contributed by atoms with Crippen molar-refractivity contribution >= 4 is 48.6 Å². The number of hydrogen-bond acceptors (Lipinski definition) is 1. The molecule has 0 N–H and O–H groups in total. The normalized spacial score (nSPS) is 18.0. The van der Waals surface area contributed by atoms with Crippen LogP contribution in [0.15, 0.2) is 109 Å². The molecule has 5 heteroatoms. The largest absolute Gasteiger partial charge is 0.659 e. The van der Waals surface area contributed by atoms with Gasteiger partial charge in [-0.1, -0.05) is 99.1 Å². The van der Waals surface area contributed by atoms with Crippen LogP contribution in [0.25, 0.3) is 32.7 Å². The average molecular weight is 781 g/mol. The summed E-state index contributed by atoms with van der Waals surface area (Å²) in [6, 6.07) is 22.4. The first kappa shape index (κ1) is 35.7. The van der Waals surface area contributed by atoms with Crippen LogP contribution >= 0.6 is 0 Å². The van der Waals surface area contributed by atoms with Crippen LogP contribution in [0.3, 0.4) is 0 Å². The van der Waals surface area contributed by atoms with Gasteiger partial charge in [0.15, 0.2) is 0 Å². The van der Waals surface area contributed by atoms with Gasteiger partial charge in [0.1, 0.15) is 0 Å². The van der Waals surface area contributed by atoms with Gasteiger partial charge in [-0.15, -0.1) is 6.07 Å². The van der Waals surface area contributed by atoms with Gasteiger partial charge in [-0.2, -0.15) is 10.8 Å². The Morgan fingerprint density at radius 1 is 0.651 bits per heavy atom. The molecule has 0 amide bonds. The van der Waals surface area contributed by atoms with E-state index in [1.165, 1.54) is 94.4 Å². The van der Waals surface area contributed by atoms with Crippen molar-refractivity contribution in [1.82, 2.24) is 0 Å². The molecule has 4 aromatic rings. The fraction of sp³-hybridized carbons (Fsp3) is 0.316. The predicted octanol–water partition coefficient (Wildman–Crippen LogP) is 10.3. The molecule has 0 unspecified atom stereocenters. The summed E-state index contributed by atoms with van der Waals surface area (Å²) in [7, 11) is -3.99. The van der Waals surface area contributed by atoms with Gasteiger partial charge in [0, 0.05) is 47.3 Å². The summed E-state index contributed by atoms with van der Waals surface area (Å²) in [6.45, 7) is 9.50. The van der Waals surface area contributed by atoms with Gasteiger partial charge in [0.2, 0.25) is 0 Å². The fourth-order valence-electron chi connectivity index (χ4n) is 6.62. The molecule has 2 aliphatic carbocycles. The molecule has 0 atom stereocenters.